The summed E-state index contributed by atoms with van der Waals surface area (Å²) >= 11 is 0. The molecular weight excluding hydrogens is 306 g/mol. The number of carbonyl (C=O) groups is 1. The lowest BCUT2D eigenvalue weighted by atomic mass is 10.0. The first-order valence-corrected chi connectivity index (χ1v) is 8.19. The van der Waals surface area contributed by atoms with Crippen LogP contribution in [0.4, 0.5) is 0 Å². The molecule has 134 valence electrons. The first kappa shape index (κ1) is 19.9. The van der Waals surface area contributed by atoms with E-state index in [0.29, 0.717) is 23.2 Å². The second-order valence-electron chi connectivity index (χ2n) is 6.17. The number of nitrogens with one attached hydrogen (secondary N) is 1. The molecule has 0 saturated heterocycles. The summed E-state index contributed by atoms with van der Waals surface area (Å²) in [7, 11) is 4.68. The highest BCUT2D eigenvalue weighted by atomic mass is 16.5. The van der Waals surface area contributed by atoms with E-state index in [2.05, 4.69) is 19.2 Å². The Balaban J connectivity index is 2.77. The Kier molecular flexibility index (Phi) is 8.16. The van der Waals surface area contributed by atoms with Crippen LogP contribution in [-0.2, 0) is 4.79 Å². The smallest absolute Gasteiger partial charge is 0.244 e. The number of methoxy groups -OCH3 is 3. The molecule has 0 spiro atoms. The van der Waals surface area contributed by atoms with Crippen molar-refractivity contribution in [2.75, 3.05) is 21.3 Å². The van der Waals surface area contributed by atoms with Gasteiger partial charge in [-0.05, 0) is 49.5 Å². The van der Waals surface area contributed by atoms with Crippen molar-refractivity contribution in [3.63, 3.8) is 0 Å². The molecule has 1 aromatic rings. The second kappa shape index (κ2) is 9.85. The Labute approximate surface area is 145 Å². The van der Waals surface area contributed by atoms with Crippen molar-refractivity contribution in [3.8, 4) is 17.2 Å². The molecule has 24 heavy (non-hydrogen) atoms. The Morgan fingerprint density at radius 2 is 1.62 bits per heavy atom. The van der Waals surface area contributed by atoms with Crippen LogP contribution in [0.25, 0.3) is 6.08 Å². The van der Waals surface area contributed by atoms with Crippen LogP contribution in [0.2, 0.25) is 0 Å². The number of hydrogen-bond donors (Lipinski definition) is 1. The molecule has 0 heterocycles. The van der Waals surface area contributed by atoms with Gasteiger partial charge in [0, 0.05) is 12.1 Å². The highest BCUT2D eigenvalue weighted by Gasteiger charge is 2.12. The molecule has 0 fully saturated rings. The fraction of sp³-hybridized carbons (Fsp3) is 0.526. The number of rotatable bonds is 9. The fourth-order valence-corrected chi connectivity index (χ4v) is 2.32. The van der Waals surface area contributed by atoms with E-state index in [9.17, 15) is 4.79 Å². The van der Waals surface area contributed by atoms with E-state index in [4.69, 9.17) is 14.2 Å². The van der Waals surface area contributed by atoms with Crippen LogP contribution in [0.3, 0.4) is 0 Å². The topological polar surface area (TPSA) is 56.8 Å². The van der Waals surface area contributed by atoms with Crippen molar-refractivity contribution in [3.05, 3.63) is 23.8 Å². The van der Waals surface area contributed by atoms with Gasteiger partial charge < -0.3 is 19.5 Å². The number of ether oxygens (including phenoxy) is 3. The minimum atomic E-state index is -0.111. The van der Waals surface area contributed by atoms with E-state index < -0.39 is 0 Å². The zero-order chi connectivity index (χ0) is 18.1. The van der Waals surface area contributed by atoms with Gasteiger partial charge in [0.25, 0.3) is 0 Å². The SMILES string of the molecule is COc1cc(/C=C/C(=O)NC(C)CCC(C)C)cc(OC)c1OC. The van der Waals surface area contributed by atoms with Crippen LogP contribution in [0.15, 0.2) is 18.2 Å². The van der Waals surface area contributed by atoms with Gasteiger partial charge in [-0.15, -0.1) is 0 Å². The highest BCUT2D eigenvalue weighted by molar-refractivity contribution is 5.92. The van der Waals surface area contributed by atoms with Gasteiger partial charge in [0.15, 0.2) is 11.5 Å². The van der Waals surface area contributed by atoms with E-state index >= 15 is 0 Å². The van der Waals surface area contributed by atoms with Crippen LogP contribution in [0, 0.1) is 5.92 Å². The highest BCUT2D eigenvalue weighted by Crippen LogP contribution is 2.38. The van der Waals surface area contributed by atoms with Gasteiger partial charge >= 0.3 is 0 Å². The van der Waals surface area contributed by atoms with Crippen molar-refractivity contribution < 1.29 is 19.0 Å². The summed E-state index contributed by atoms with van der Waals surface area (Å²) in [6.45, 7) is 6.38. The van der Waals surface area contributed by atoms with Crippen LogP contribution in [0.1, 0.15) is 39.2 Å². The summed E-state index contributed by atoms with van der Waals surface area (Å²) < 4.78 is 15.9. The quantitative estimate of drug-likeness (QED) is 0.700. The lowest BCUT2D eigenvalue weighted by Gasteiger charge is -2.14. The predicted molar refractivity (Wildman–Crippen MR) is 96.8 cm³/mol. The fourth-order valence-electron chi connectivity index (χ4n) is 2.32. The van der Waals surface area contributed by atoms with Crippen LogP contribution in [0.5, 0.6) is 17.2 Å². The van der Waals surface area contributed by atoms with Gasteiger partial charge in [-0.1, -0.05) is 13.8 Å². The molecule has 0 radical (unpaired) electrons. The third-order valence-corrected chi connectivity index (χ3v) is 3.68. The molecule has 0 saturated carbocycles. The molecule has 1 unspecified atom stereocenters. The molecule has 0 aliphatic carbocycles. The number of carbonyl (C=O) groups excluding carboxylic acids is 1. The third-order valence-electron chi connectivity index (χ3n) is 3.68. The normalized spacial score (nSPS) is 12.3. The summed E-state index contributed by atoms with van der Waals surface area (Å²) in [5.41, 5.74) is 0.800. The zero-order valence-corrected chi connectivity index (χ0v) is 15.5. The Bertz CT molecular complexity index is 541. The minimum absolute atomic E-state index is 0.111. The van der Waals surface area contributed by atoms with Gasteiger partial charge in [0.1, 0.15) is 0 Å². The molecule has 0 aliphatic rings. The van der Waals surface area contributed by atoms with Crippen molar-refractivity contribution in [2.24, 2.45) is 5.92 Å². The molecule has 1 N–H and O–H groups in total. The Morgan fingerprint density at radius 1 is 1.04 bits per heavy atom. The van der Waals surface area contributed by atoms with Gasteiger partial charge in [-0.2, -0.15) is 0 Å². The standard InChI is InChI=1S/C19H29NO4/c1-13(2)7-8-14(3)20-18(21)10-9-15-11-16(22-4)19(24-6)17(12-15)23-5/h9-14H,7-8H2,1-6H3,(H,20,21)/b10-9+. The van der Waals surface area contributed by atoms with Crippen LogP contribution >= 0.6 is 0 Å². The van der Waals surface area contributed by atoms with E-state index in [1.807, 2.05) is 6.92 Å². The minimum Gasteiger partial charge on any atom is -0.493 e. The monoisotopic (exact) mass is 335 g/mol. The first-order valence-electron chi connectivity index (χ1n) is 8.19. The van der Waals surface area contributed by atoms with Crippen molar-refractivity contribution in [1.82, 2.24) is 5.32 Å². The molecule has 1 rings (SSSR count). The van der Waals surface area contributed by atoms with E-state index in [-0.39, 0.29) is 11.9 Å². The number of benzene rings is 1. The predicted octanol–water partition coefficient (Wildman–Crippen LogP) is 3.67. The lowest BCUT2D eigenvalue weighted by molar-refractivity contribution is -0.117. The molecule has 1 aromatic carbocycles. The second-order valence-corrected chi connectivity index (χ2v) is 6.17. The summed E-state index contributed by atoms with van der Waals surface area (Å²) in [6.07, 6.45) is 5.32. The molecule has 0 bridgehead atoms. The van der Waals surface area contributed by atoms with Gasteiger partial charge in [-0.3, -0.25) is 4.79 Å². The summed E-state index contributed by atoms with van der Waals surface area (Å²) in [5.74, 6) is 2.17. The maximum Gasteiger partial charge on any atom is 0.244 e. The van der Waals surface area contributed by atoms with Crippen molar-refractivity contribution in [1.29, 1.82) is 0 Å². The zero-order valence-electron chi connectivity index (χ0n) is 15.5. The molecule has 5 nitrogen and oxygen atoms in total. The summed E-state index contributed by atoms with van der Waals surface area (Å²) in [5, 5.41) is 2.97. The number of hydrogen-bond acceptors (Lipinski definition) is 4. The van der Waals surface area contributed by atoms with Crippen LogP contribution < -0.4 is 19.5 Å². The molecule has 0 aromatic heterocycles. The summed E-state index contributed by atoms with van der Waals surface area (Å²) in [4.78, 5) is 12.0. The Morgan fingerprint density at radius 3 is 2.08 bits per heavy atom. The molecule has 0 aliphatic heterocycles. The van der Waals surface area contributed by atoms with E-state index in [1.54, 1.807) is 39.5 Å². The lowest BCUT2D eigenvalue weighted by Crippen LogP contribution is -2.31. The first-order chi connectivity index (χ1) is 11.4. The average molecular weight is 335 g/mol. The maximum absolute atomic E-state index is 12.0. The molecular formula is C19H29NO4. The maximum atomic E-state index is 12.0. The van der Waals surface area contributed by atoms with Gasteiger partial charge in [0.05, 0.1) is 21.3 Å². The molecule has 1 atom stereocenters. The third kappa shape index (κ3) is 6.14. The Hall–Kier alpha value is -2.17. The van der Waals surface area contributed by atoms with Crippen molar-refractivity contribution >= 4 is 12.0 Å². The number of amides is 1. The largest absolute Gasteiger partial charge is 0.493 e. The van der Waals surface area contributed by atoms with Crippen molar-refractivity contribution in [2.45, 2.75) is 39.7 Å². The molecule has 1 amide bonds. The van der Waals surface area contributed by atoms with Crippen LogP contribution in [-0.4, -0.2) is 33.3 Å². The molecule has 5 heteroatoms. The summed E-state index contributed by atoms with van der Waals surface area (Å²) in [6, 6.07) is 3.75. The van der Waals surface area contributed by atoms with E-state index in [1.165, 1.54) is 6.08 Å². The average Bonchev–Trinajstić information content (AvgIpc) is 2.56. The van der Waals surface area contributed by atoms with Gasteiger partial charge in [-0.25, -0.2) is 0 Å². The van der Waals surface area contributed by atoms with Gasteiger partial charge in [0.2, 0.25) is 11.7 Å². The van der Waals surface area contributed by atoms with E-state index in [0.717, 1.165) is 18.4 Å².